The van der Waals surface area contributed by atoms with Gasteiger partial charge < -0.3 is 9.64 Å². The lowest BCUT2D eigenvalue weighted by molar-refractivity contribution is -0.138. The van der Waals surface area contributed by atoms with E-state index in [1.807, 2.05) is 25.1 Å². The van der Waals surface area contributed by atoms with E-state index in [1.54, 1.807) is 23.1 Å². The smallest absolute Gasteiger partial charge is 0.227 e. The Hall–Kier alpha value is -3.12. The van der Waals surface area contributed by atoms with Crippen LogP contribution in [0.4, 0.5) is 8.78 Å². The molecule has 1 saturated heterocycles. The maximum Gasteiger partial charge on any atom is 0.227 e. The Bertz CT molecular complexity index is 1070. The molecule has 2 heterocycles. The van der Waals surface area contributed by atoms with Crippen LogP contribution in [0.5, 0.6) is 0 Å². The van der Waals surface area contributed by atoms with Crippen molar-refractivity contribution in [1.82, 2.24) is 9.88 Å². The third-order valence-corrected chi connectivity index (χ3v) is 5.35. The van der Waals surface area contributed by atoms with Crippen molar-refractivity contribution in [2.45, 2.75) is 25.9 Å². The molecule has 0 aliphatic carbocycles. The normalized spacial score (nSPS) is 16.4. The van der Waals surface area contributed by atoms with Crippen LogP contribution in [0.15, 0.2) is 60.7 Å². The summed E-state index contributed by atoms with van der Waals surface area (Å²) in [5.41, 5.74) is 4.30. The highest BCUT2D eigenvalue weighted by atomic mass is 19.1. The zero-order valence-corrected chi connectivity index (χ0v) is 17.4. The minimum absolute atomic E-state index is 0.0208. The number of nitrogens with zero attached hydrogens (tertiary/aromatic N) is 2. The standard InChI is InChI=1S/C25H24F2N2O2/c1-17-11-20(12-19-3-2-4-22(27)13-19)14-23(28-17)24-16-29(9-10-31-24)25(30)15-18-5-7-21(26)8-6-18/h2-8,11,13-14,24H,9-10,12,15-16H2,1H3/t24-/m1/s1. The van der Waals surface area contributed by atoms with Crippen molar-refractivity contribution in [3.05, 3.63) is 100 Å². The van der Waals surface area contributed by atoms with E-state index in [9.17, 15) is 13.6 Å². The molecule has 1 atom stereocenters. The molecule has 0 spiro atoms. The number of benzene rings is 2. The van der Waals surface area contributed by atoms with Crippen LogP contribution in [0.1, 0.15) is 34.2 Å². The lowest BCUT2D eigenvalue weighted by atomic mass is 10.0. The number of morpholine rings is 1. The van der Waals surface area contributed by atoms with E-state index < -0.39 is 0 Å². The van der Waals surface area contributed by atoms with Crippen molar-refractivity contribution in [2.75, 3.05) is 19.7 Å². The molecule has 1 fully saturated rings. The molecule has 0 N–H and O–H groups in total. The highest BCUT2D eigenvalue weighted by Gasteiger charge is 2.26. The fourth-order valence-electron chi connectivity index (χ4n) is 3.86. The zero-order valence-electron chi connectivity index (χ0n) is 17.4. The first-order valence-electron chi connectivity index (χ1n) is 10.3. The van der Waals surface area contributed by atoms with Gasteiger partial charge in [-0.3, -0.25) is 9.78 Å². The first-order valence-corrected chi connectivity index (χ1v) is 10.3. The van der Waals surface area contributed by atoms with Crippen LogP contribution in [0.25, 0.3) is 0 Å². The second-order valence-electron chi connectivity index (χ2n) is 7.85. The van der Waals surface area contributed by atoms with E-state index >= 15 is 0 Å². The van der Waals surface area contributed by atoms with Gasteiger partial charge in [-0.1, -0.05) is 24.3 Å². The largest absolute Gasteiger partial charge is 0.368 e. The Labute approximate surface area is 180 Å². The average Bonchev–Trinajstić information content (AvgIpc) is 2.75. The minimum atomic E-state index is -0.322. The Kier molecular flexibility index (Phi) is 6.37. The predicted octanol–water partition coefficient (Wildman–Crippen LogP) is 4.40. The molecule has 0 saturated carbocycles. The number of pyridine rings is 1. The number of aromatic nitrogens is 1. The summed E-state index contributed by atoms with van der Waals surface area (Å²) in [7, 11) is 0. The fraction of sp³-hybridized carbons (Fsp3) is 0.280. The molecule has 4 rings (SSSR count). The molecule has 1 amide bonds. The van der Waals surface area contributed by atoms with Crippen molar-refractivity contribution >= 4 is 5.91 Å². The van der Waals surface area contributed by atoms with Gasteiger partial charge in [-0.15, -0.1) is 0 Å². The molecule has 1 aliphatic heterocycles. The van der Waals surface area contributed by atoms with E-state index in [4.69, 9.17) is 4.74 Å². The van der Waals surface area contributed by atoms with Gasteiger partial charge >= 0.3 is 0 Å². The third-order valence-electron chi connectivity index (χ3n) is 5.35. The SMILES string of the molecule is Cc1cc(Cc2cccc(F)c2)cc([C@H]2CN(C(=O)Cc3ccc(F)cc3)CCO2)n1. The van der Waals surface area contributed by atoms with E-state index in [0.29, 0.717) is 26.1 Å². The Morgan fingerprint density at radius 1 is 1.03 bits per heavy atom. The van der Waals surface area contributed by atoms with Crippen molar-refractivity contribution < 1.29 is 18.3 Å². The molecular weight excluding hydrogens is 398 g/mol. The van der Waals surface area contributed by atoms with Gasteiger partial charge in [-0.05, 0) is 66.4 Å². The number of hydrogen-bond acceptors (Lipinski definition) is 3. The number of carbonyl (C=O) groups is 1. The summed E-state index contributed by atoms with van der Waals surface area (Å²) in [5, 5.41) is 0. The Morgan fingerprint density at radius 2 is 1.84 bits per heavy atom. The molecule has 3 aromatic rings. The summed E-state index contributed by atoms with van der Waals surface area (Å²) in [6.07, 6.45) is 0.490. The van der Waals surface area contributed by atoms with E-state index in [1.165, 1.54) is 24.3 Å². The average molecular weight is 422 g/mol. The van der Waals surface area contributed by atoms with Crippen molar-refractivity contribution in [3.8, 4) is 0 Å². The van der Waals surface area contributed by atoms with E-state index in [0.717, 1.165) is 28.1 Å². The lowest BCUT2D eigenvalue weighted by Crippen LogP contribution is -2.43. The van der Waals surface area contributed by atoms with Crippen molar-refractivity contribution in [2.24, 2.45) is 0 Å². The van der Waals surface area contributed by atoms with Crippen LogP contribution in [-0.4, -0.2) is 35.5 Å². The molecule has 0 unspecified atom stereocenters. The summed E-state index contributed by atoms with van der Waals surface area (Å²) < 4.78 is 32.6. The highest BCUT2D eigenvalue weighted by molar-refractivity contribution is 5.78. The van der Waals surface area contributed by atoms with Gasteiger partial charge in [0.1, 0.15) is 17.7 Å². The molecule has 0 bridgehead atoms. The molecule has 6 heteroatoms. The fourth-order valence-corrected chi connectivity index (χ4v) is 3.86. The van der Waals surface area contributed by atoms with Gasteiger partial charge in [0, 0.05) is 12.2 Å². The number of carbonyl (C=O) groups excluding carboxylic acids is 1. The topological polar surface area (TPSA) is 42.4 Å². The maximum atomic E-state index is 13.5. The number of rotatable bonds is 5. The molecule has 4 nitrogen and oxygen atoms in total. The van der Waals surface area contributed by atoms with Gasteiger partial charge in [-0.25, -0.2) is 8.78 Å². The zero-order chi connectivity index (χ0) is 21.8. The third kappa shape index (κ3) is 5.52. The molecule has 0 radical (unpaired) electrons. The van der Waals surface area contributed by atoms with Gasteiger partial charge in [-0.2, -0.15) is 0 Å². The van der Waals surface area contributed by atoms with Crippen molar-refractivity contribution in [1.29, 1.82) is 0 Å². The second-order valence-corrected chi connectivity index (χ2v) is 7.85. The molecule has 1 aliphatic rings. The van der Waals surface area contributed by atoms with Gasteiger partial charge in [0.05, 0.1) is 25.3 Å². The minimum Gasteiger partial charge on any atom is -0.368 e. The summed E-state index contributed by atoms with van der Waals surface area (Å²) in [5.74, 6) is -0.593. The summed E-state index contributed by atoms with van der Waals surface area (Å²) in [6, 6.07) is 16.5. The Balaban J connectivity index is 1.46. The van der Waals surface area contributed by atoms with E-state index in [2.05, 4.69) is 4.98 Å². The first-order chi connectivity index (χ1) is 15.0. The number of hydrogen-bond donors (Lipinski definition) is 0. The number of aryl methyl sites for hydroxylation is 1. The first kappa shape index (κ1) is 21.1. The van der Waals surface area contributed by atoms with E-state index in [-0.39, 0.29) is 30.1 Å². The maximum absolute atomic E-state index is 13.5. The Morgan fingerprint density at radius 3 is 2.61 bits per heavy atom. The van der Waals surface area contributed by atoms with Gasteiger partial charge in [0.25, 0.3) is 0 Å². The molecule has 160 valence electrons. The number of amides is 1. The van der Waals surface area contributed by atoms with Crippen LogP contribution >= 0.6 is 0 Å². The number of halogens is 2. The highest BCUT2D eigenvalue weighted by Crippen LogP contribution is 2.24. The quantitative estimate of drug-likeness (QED) is 0.612. The summed E-state index contributed by atoms with van der Waals surface area (Å²) in [6.45, 7) is 3.27. The molecular formula is C25H24F2N2O2. The summed E-state index contributed by atoms with van der Waals surface area (Å²) in [4.78, 5) is 19.2. The van der Waals surface area contributed by atoms with Gasteiger partial charge in [0.15, 0.2) is 0 Å². The summed E-state index contributed by atoms with van der Waals surface area (Å²) >= 11 is 0. The second kappa shape index (κ2) is 9.35. The van der Waals surface area contributed by atoms with Crippen molar-refractivity contribution in [3.63, 3.8) is 0 Å². The van der Waals surface area contributed by atoms with Crippen LogP contribution in [0.3, 0.4) is 0 Å². The van der Waals surface area contributed by atoms with Crippen LogP contribution in [0, 0.1) is 18.6 Å². The van der Waals surface area contributed by atoms with Crippen LogP contribution in [0.2, 0.25) is 0 Å². The number of ether oxygens (including phenoxy) is 1. The predicted molar refractivity (Wildman–Crippen MR) is 114 cm³/mol. The van der Waals surface area contributed by atoms with Crippen LogP contribution in [-0.2, 0) is 22.4 Å². The van der Waals surface area contributed by atoms with Gasteiger partial charge in [0.2, 0.25) is 5.91 Å². The molecule has 31 heavy (non-hydrogen) atoms. The molecule has 2 aromatic carbocycles. The monoisotopic (exact) mass is 422 g/mol. The lowest BCUT2D eigenvalue weighted by Gasteiger charge is -2.33. The molecule has 1 aromatic heterocycles. The van der Waals surface area contributed by atoms with Crippen LogP contribution < -0.4 is 0 Å².